The van der Waals surface area contributed by atoms with Crippen molar-refractivity contribution in [2.24, 2.45) is 0 Å². The quantitative estimate of drug-likeness (QED) is 0.611. The van der Waals surface area contributed by atoms with Gasteiger partial charge in [0.1, 0.15) is 24.6 Å². The summed E-state index contributed by atoms with van der Waals surface area (Å²) in [5.41, 5.74) is 6.24. The van der Waals surface area contributed by atoms with E-state index in [1.54, 1.807) is 0 Å². The van der Waals surface area contributed by atoms with Crippen molar-refractivity contribution in [3.05, 3.63) is 77.6 Å². The van der Waals surface area contributed by atoms with Gasteiger partial charge in [-0.15, -0.1) is 0 Å². The van der Waals surface area contributed by atoms with Crippen molar-refractivity contribution in [3.8, 4) is 5.69 Å². The van der Waals surface area contributed by atoms with Crippen LogP contribution in [0.2, 0.25) is 0 Å². The second kappa shape index (κ2) is 6.88. The topological polar surface area (TPSA) is 21.7 Å². The molecule has 1 aromatic carbocycles. The molecule has 0 N–H and O–H groups in total. The van der Waals surface area contributed by atoms with Crippen LogP contribution in [-0.4, -0.2) is 9.55 Å². The Kier molecular flexibility index (Phi) is 5.14. The second-order valence-electron chi connectivity index (χ2n) is 5.56. The smallest absolute Gasteiger partial charge is 0.249 e. The summed E-state index contributed by atoms with van der Waals surface area (Å²) < 4.78 is 4.34. The maximum absolute atomic E-state index is 4.37. The van der Waals surface area contributed by atoms with E-state index in [1.807, 2.05) is 24.4 Å². The van der Waals surface area contributed by atoms with Crippen LogP contribution in [0.25, 0.3) is 5.69 Å². The summed E-state index contributed by atoms with van der Waals surface area (Å²) in [6, 6.07) is 10.5. The zero-order valence-electron chi connectivity index (χ0n) is 13.1. The molecule has 0 unspecified atom stereocenters. The summed E-state index contributed by atoms with van der Waals surface area (Å²) in [6.07, 6.45) is 8.15. The summed E-state index contributed by atoms with van der Waals surface area (Å²) >= 11 is 0. The predicted octanol–water partition coefficient (Wildman–Crippen LogP) is 0.137. The number of nitrogens with zero attached hydrogens (tertiary/aromatic N) is 3. The number of rotatable bonds is 3. The van der Waals surface area contributed by atoms with E-state index < -0.39 is 0 Å². The minimum Gasteiger partial charge on any atom is -1.00 e. The molecule has 22 heavy (non-hydrogen) atoms. The lowest BCUT2D eigenvalue weighted by molar-refractivity contribution is -0.688. The van der Waals surface area contributed by atoms with Crippen LogP contribution in [0.4, 0.5) is 0 Å². The zero-order valence-corrected chi connectivity index (χ0v) is 14.7. The largest absolute Gasteiger partial charge is 1.00 e. The van der Waals surface area contributed by atoms with Crippen LogP contribution >= 0.6 is 0 Å². The third-order valence-electron chi connectivity index (χ3n) is 3.66. The van der Waals surface area contributed by atoms with Crippen molar-refractivity contribution in [1.82, 2.24) is 9.55 Å². The van der Waals surface area contributed by atoms with Crippen LogP contribution in [0.3, 0.4) is 0 Å². The molecule has 0 aliphatic rings. The number of pyridine rings is 1. The van der Waals surface area contributed by atoms with E-state index in [2.05, 4.69) is 65.7 Å². The standard InChI is InChI=1S/C18H20N3.BrH/c1-14-10-15(2)18(16(3)11-14)21-9-8-20(13-21)12-17-6-4-5-7-19-17;/h4-11,13H,12H2,1-3H3;1H/q+1;/p-1. The first-order chi connectivity index (χ1) is 10.1. The first-order valence-corrected chi connectivity index (χ1v) is 7.18. The molecule has 114 valence electrons. The summed E-state index contributed by atoms with van der Waals surface area (Å²) in [4.78, 5) is 4.37. The van der Waals surface area contributed by atoms with Gasteiger partial charge >= 0.3 is 0 Å². The lowest BCUT2D eigenvalue weighted by Crippen LogP contribution is -3.00. The van der Waals surface area contributed by atoms with Gasteiger partial charge in [-0.1, -0.05) is 23.8 Å². The summed E-state index contributed by atoms with van der Waals surface area (Å²) in [5.74, 6) is 0. The second-order valence-corrected chi connectivity index (χ2v) is 5.56. The maximum Gasteiger partial charge on any atom is 0.249 e. The van der Waals surface area contributed by atoms with E-state index in [0.717, 1.165) is 12.2 Å². The van der Waals surface area contributed by atoms with Crippen molar-refractivity contribution >= 4 is 0 Å². The maximum atomic E-state index is 4.37. The monoisotopic (exact) mass is 357 g/mol. The molecule has 3 rings (SSSR count). The molecule has 0 atom stereocenters. The Morgan fingerprint density at radius 1 is 1.09 bits per heavy atom. The molecule has 0 amide bonds. The highest BCUT2D eigenvalue weighted by Gasteiger charge is 2.13. The van der Waals surface area contributed by atoms with Gasteiger partial charge in [0.15, 0.2) is 0 Å². The van der Waals surface area contributed by atoms with Gasteiger partial charge in [-0.2, -0.15) is 0 Å². The van der Waals surface area contributed by atoms with E-state index in [-0.39, 0.29) is 17.0 Å². The molecular formula is C18H20BrN3. The molecule has 2 heterocycles. The van der Waals surface area contributed by atoms with Crippen molar-refractivity contribution in [3.63, 3.8) is 0 Å². The SMILES string of the molecule is Cc1cc(C)c(-n2cc[n+](Cc3ccccn3)c2)c(C)c1.[Br-]. The Labute approximate surface area is 142 Å². The van der Waals surface area contributed by atoms with Gasteiger partial charge in [-0.25, -0.2) is 9.13 Å². The molecule has 0 fully saturated rings. The molecule has 3 aromatic rings. The number of halogens is 1. The third-order valence-corrected chi connectivity index (χ3v) is 3.66. The number of aryl methyl sites for hydroxylation is 3. The highest BCUT2D eigenvalue weighted by atomic mass is 79.9. The molecule has 3 nitrogen and oxygen atoms in total. The highest BCUT2D eigenvalue weighted by molar-refractivity contribution is 5.48. The minimum absolute atomic E-state index is 0. The van der Waals surface area contributed by atoms with Gasteiger partial charge in [0.2, 0.25) is 6.33 Å². The molecule has 0 aliphatic heterocycles. The van der Waals surface area contributed by atoms with Gasteiger partial charge < -0.3 is 17.0 Å². The Bertz CT molecular complexity index is 740. The number of hydrogen-bond acceptors (Lipinski definition) is 1. The van der Waals surface area contributed by atoms with Crippen LogP contribution < -0.4 is 21.5 Å². The van der Waals surface area contributed by atoms with E-state index in [4.69, 9.17) is 0 Å². The van der Waals surface area contributed by atoms with Gasteiger partial charge in [0.05, 0.1) is 5.69 Å². The normalized spacial score (nSPS) is 10.3. The fourth-order valence-corrected chi connectivity index (χ4v) is 2.88. The lowest BCUT2D eigenvalue weighted by Gasteiger charge is -2.07. The molecule has 0 radical (unpaired) electrons. The lowest BCUT2D eigenvalue weighted by atomic mass is 10.1. The fourth-order valence-electron chi connectivity index (χ4n) is 2.88. The van der Waals surface area contributed by atoms with Gasteiger partial charge in [0.25, 0.3) is 0 Å². The number of hydrogen-bond donors (Lipinski definition) is 0. The predicted molar refractivity (Wildman–Crippen MR) is 83.5 cm³/mol. The first-order valence-electron chi connectivity index (χ1n) is 7.18. The van der Waals surface area contributed by atoms with E-state index in [9.17, 15) is 0 Å². The minimum atomic E-state index is 0. The third kappa shape index (κ3) is 3.45. The van der Waals surface area contributed by atoms with Crippen molar-refractivity contribution in [2.45, 2.75) is 27.3 Å². The molecule has 0 saturated heterocycles. The molecule has 0 aliphatic carbocycles. The van der Waals surface area contributed by atoms with Crippen LogP contribution in [0.1, 0.15) is 22.4 Å². The fraction of sp³-hybridized carbons (Fsp3) is 0.222. The highest BCUT2D eigenvalue weighted by Crippen LogP contribution is 2.20. The number of imidazole rings is 1. The average molecular weight is 358 g/mol. The molecule has 0 saturated carbocycles. The Hall–Kier alpha value is -1.94. The zero-order chi connectivity index (χ0) is 14.8. The molecule has 0 bridgehead atoms. The summed E-state index contributed by atoms with van der Waals surface area (Å²) in [7, 11) is 0. The Morgan fingerprint density at radius 3 is 2.45 bits per heavy atom. The van der Waals surface area contributed by atoms with Crippen LogP contribution in [-0.2, 0) is 6.54 Å². The van der Waals surface area contributed by atoms with E-state index in [1.165, 1.54) is 22.4 Å². The van der Waals surface area contributed by atoms with Crippen molar-refractivity contribution in [2.75, 3.05) is 0 Å². The Morgan fingerprint density at radius 2 is 1.82 bits per heavy atom. The summed E-state index contributed by atoms with van der Waals surface area (Å²) in [6.45, 7) is 7.26. The van der Waals surface area contributed by atoms with Crippen molar-refractivity contribution in [1.29, 1.82) is 0 Å². The molecule has 2 aromatic heterocycles. The average Bonchev–Trinajstić information content (AvgIpc) is 2.87. The molecular weight excluding hydrogens is 338 g/mol. The van der Waals surface area contributed by atoms with Crippen LogP contribution in [0.5, 0.6) is 0 Å². The Balaban J connectivity index is 0.00000176. The summed E-state index contributed by atoms with van der Waals surface area (Å²) in [5, 5.41) is 0. The van der Waals surface area contributed by atoms with E-state index in [0.29, 0.717) is 0 Å². The van der Waals surface area contributed by atoms with Crippen LogP contribution in [0, 0.1) is 20.8 Å². The molecule has 0 spiro atoms. The van der Waals surface area contributed by atoms with Gasteiger partial charge in [0, 0.05) is 6.20 Å². The van der Waals surface area contributed by atoms with E-state index >= 15 is 0 Å². The number of aromatic nitrogens is 3. The molecule has 4 heteroatoms. The van der Waals surface area contributed by atoms with Gasteiger partial charge in [-0.05, 0) is 44.0 Å². The number of benzene rings is 1. The van der Waals surface area contributed by atoms with Crippen molar-refractivity contribution < 1.29 is 21.5 Å². The first kappa shape index (κ1) is 16.4. The van der Waals surface area contributed by atoms with Gasteiger partial charge in [-0.3, -0.25) is 4.98 Å². The van der Waals surface area contributed by atoms with Crippen LogP contribution in [0.15, 0.2) is 55.2 Å².